The topological polar surface area (TPSA) is 98.7 Å². The van der Waals surface area contributed by atoms with Crippen molar-refractivity contribution in [1.82, 2.24) is 15.0 Å². The number of hydrazone groups is 1. The van der Waals surface area contributed by atoms with Crippen LogP contribution in [-0.4, -0.2) is 34.0 Å². The second-order valence-corrected chi connectivity index (χ2v) is 7.69. The first kappa shape index (κ1) is 21.4. The Hall–Kier alpha value is -3.85. The minimum absolute atomic E-state index is 0.0237. The molecule has 0 fully saturated rings. The van der Waals surface area contributed by atoms with Crippen LogP contribution in [0.5, 0.6) is 5.75 Å². The molecule has 162 valence electrons. The maximum absolute atomic E-state index is 13.2. The Kier molecular flexibility index (Phi) is 6.37. The number of furan rings is 1. The maximum Gasteiger partial charge on any atom is 0.266 e. The van der Waals surface area contributed by atoms with E-state index >= 15 is 0 Å². The number of carbonyl (C=O) groups excluding carboxylic acids is 1. The number of thioether (sulfide) groups is 1. The summed E-state index contributed by atoms with van der Waals surface area (Å²) in [5.41, 5.74) is 4.03. The van der Waals surface area contributed by atoms with E-state index in [0.717, 1.165) is 11.8 Å². The fourth-order valence-corrected chi connectivity index (χ4v) is 3.82. The normalized spacial score (nSPS) is 11.5. The Morgan fingerprint density at radius 1 is 1.16 bits per heavy atom. The number of rotatable bonds is 7. The van der Waals surface area contributed by atoms with E-state index in [2.05, 4.69) is 15.5 Å². The summed E-state index contributed by atoms with van der Waals surface area (Å²) in [6.45, 7) is 1.73. The van der Waals surface area contributed by atoms with Crippen LogP contribution in [0.3, 0.4) is 0 Å². The first-order chi connectivity index (χ1) is 15.6. The van der Waals surface area contributed by atoms with E-state index in [1.54, 1.807) is 68.6 Å². The van der Waals surface area contributed by atoms with Gasteiger partial charge in [0.05, 0.1) is 35.7 Å². The molecule has 0 aliphatic rings. The Morgan fingerprint density at radius 2 is 1.94 bits per heavy atom. The summed E-state index contributed by atoms with van der Waals surface area (Å²) in [5.74, 6) is 0.941. The van der Waals surface area contributed by atoms with Gasteiger partial charge in [-0.3, -0.25) is 14.2 Å². The van der Waals surface area contributed by atoms with Crippen molar-refractivity contribution in [3.05, 3.63) is 83.0 Å². The minimum atomic E-state index is -0.329. The molecule has 1 N–H and O–H groups in total. The number of methoxy groups -OCH3 is 1. The van der Waals surface area contributed by atoms with Crippen LogP contribution >= 0.6 is 11.8 Å². The number of hydrogen-bond donors (Lipinski definition) is 1. The zero-order valence-corrected chi connectivity index (χ0v) is 18.3. The lowest BCUT2D eigenvalue weighted by Crippen LogP contribution is -2.24. The zero-order valence-electron chi connectivity index (χ0n) is 17.4. The number of fused-ring (bicyclic) bond motifs is 1. The van der Waals surface area contributed by atoms with Crippen molar-refractivity contribution in [3.63, 3.8) is 0 Å². The largest absolute Gasteiger partial charge is 0.497 e. The Labute approximate surface area is 187 Å². The van der Waals surface area contributed by atoms with E-state index < -0.39 is 0 Å². The lowest BCUT2D eigenvalue weighted by molar-refractivity contribution is -0.118. The summed E-state index contributed by atoms with van der Waals surface area (Å²) in [6.07, 6.45) is 1.54. The zero-order chi connectivity index (χ0) is 22.5. The number of amides is 1. The highest BCUT2D eigenvalue weighted by atomic mass is 32.2. The first-order valence-corrected chi connectivity index (χ1v) is 10.7. The van der Waals surface area contributed by atoms with Crippen LogP contribution in [0.1, 0.15) is 12.7 Å². The molecule has 0 aliphatic heterocycles. The van der Waals surface area contributed by atoms with Crippen molar-refractivity contribution in [3.8, 4) is 11.4 Å². The van der Waals surface area contributed by atoms with E-state index in [1.807, 2.05) is 6.07 Å². The predicted molar refractivity (Wildman–Crippen MR) is 124 cm³/mol. The molecule has 9 heteroatoms. The van der Waals surface area contributed by atoms with E-state index in [4.69, 9.17) is 9.15 Å². The lowest BCUT2D eigenvalue weighted by Gasteiger charge is -2.13. The number of ether oxygens (including phenoxy) is 1. The first-order valence-electron chi connectivity index (χ1n) is 9.73. The highest BCUT2D eigenvalue weighted by molar-refractivity contribution is 7.99. The van der Waals surface area contributed by atoms with Crippen LogP contribution in [0.25, 0.3) is 16.6 Å². The van der Waals surface area contributed by atoms with Gasteiger partial charge in [0.2, 0.25) is 0 Å². The van der Waals surface area contributed by atoms with Gasteiger partial charge in [-0.15, -0.1) is 0 Å². The second-order valence-electron chi connectivity index (χ2n) is 6.75. The number of nitrogens with zero attached hydrogens (tertiary/aromatic N) is 3. The third kappa shape index (κ3) is 4.57. The van der Waals surface area contributed by atoms with Crippen molar-refractivity contribution < 1.29 is 13.9 Å². The van der Waals surface area contributed by atoms with Gasteiger partial charge < -0.3 is 9.15 Å². The van der Waals surface area contributed by atoms with E-state index in [9.17, 15) is 9.59 Å². The third-order valence-electron chi connectivity index (χ3n) is 4.63. The van der Waals surface area contributed by atoms with Gasteiger partial charge in [-0.1, -0.05) is 23.9 Å². The molecule has 0 bridgehead atoms. The standard InChI is InChI=1S/C23H20N4O4S/c1-15(20-8-5-13-31-20)25-26-21(28)14-32-23-24-19-7-4-3-6-18(19)22(29)27(23)16-9-11-17(30-2)12-10-16/h3-13H,14H2,1-2H3,(H,26,28)/b25-15-. The summed E-state index contributed by atoms with van der Waals surface area (Å²) in [4.78, 5) is 30.2. The molecule has 2 aromatic heterocycles. The van der Waals surface area contributed by atoms with Crippen LogP contribution in [0.4, 0.5) is 0 Å². The van der Waals surface area contributed by atoms with Crippen LogP contribution in [0, 0.1) is 0 Å². The molecule has 8 nitrogen and oxygen atoms in total. The van der Waals surface area contributed by atoms with Gasteiger partial charge in [0.1, 0.15) is 17.2 Å². The Balaban J connectivity index is 1.61. The molecule has 4 rings (SSSR count). The average Bonchev–Trinajstić information content (AvgIpc) is 3.37. The molecule has 0 saturated heterocycles. The van der Waals surface area contributed by atoms with Gasteiger partial charge in [-0.25, -0.2) is 10.4 Å². The maximum atomic E-state index is 13.2. The SMILES string of the molecule is COc1ccc(-n2c(SCC(=O)N/N=C(/C)c3ccco3)nc3ccccc3c2=O)cc1. The molecule has 0 radical (unpaired) electrons. The van der Waals surface area contributed by atoms with Crippen LogP contribution in [-0.2, 0) is 4.79 Å². The Bertz CT molecular complexity index is 1330. The van der Waals surface area contributed by atoms with Gasteiger partial charge in [0, 0.05) is 0 Å². The van der Waals surface area contributed by atoms with Crippen LogP contribution in [0.15, 0.2) is 86.4 Å². The molecule has 0 aliphatic carbocycles. The van der Waals surface area contributed by atoms with Crippen molar-refractivity contribution >= 4 is 34.3 Å². The molecule has 0 atom stereocenters. The van der Waals surface area contributed by atoms with Crippen LogP contribution < -0.4 is 15.7 Å². The van der Waals surface area contributed by atoms with E-state index in [1.165, 1.54) is 10.8 Å². The third-order valence-corrected chi connectivity index (χ3v) is 5.57. The van der Waals surface area contributed by atoms with Gasteiger partial charge >= 0.3 is 0 Å². The lowest BCUT2D eigenvalue weighted by atomic mass is 10.2. The van der Waals surface area contributed by atoms with E-state index in [-0.39, 0.29) is 17.2 Å². The molecule has 32 heavy (non-hydrogen) atoms. The fraction of sp³-hybridized carbons (Fsp3) is 0.130. The van der Waals surface area contributed by atoms with Crippen molar-refractivity contribution in [1.29, 1.82) is 0 Å². The van der Waals surface area contributed by atoms with Gasteiger partial charge in [-0.2, -0.15) is 5.10 Å². The monoisotopic (exact) mass is 448 g/mol. The van der Waals surface area contributed by atoms with Crippen molar-refractivity contribution in [2.45, 2.75) is 12.1 Å². The molecule has 1 amide bonds. The van der Waals surface area contributed by atoms with Gasteiger partial charge in [-0.05, 0) is 55.5 Å². The molecule has 2 aromatic carbocycles. The summed E-state index contributed by atoms with van der Waals surface area (Å²) < 4.78 is 12.0. The number of para-hydroxylation sites is 1. The molecule has 4 aromatic rings. The number of nitrogens with one attached hydrogen (secondary N) is 1. The molecule has 0 saturated carbocycles. The van der Waals surface area contributed by atoms with E-state index in [0.29, 0.717) is 39.0 Å². The molecular formula is C23H20N4O4S. The quantitative estimate of drug-likeness (QED) is 0.201. The summed E-state index contributed by atoms with van der Waals surface area (Å²) >= 11 is 1.15. The molecule has 0 unspecified atom stereocenters. The predicted octanol–water partition coefficient (Wildman–Crippen LogP) is 3.62. The summed E-state index contributed by atoms with van der Waals surface area (Å²) in [7, 11) is 1.58. The smallest absolute Gasteiger partial charge is 0.266 e. The molecule has 2 heterocycles. The highest BCUT2D eigenvalue weighted by Crippen LogP contribution is 2.22. The number of aromatic nitrogens is 2. The van der Waals surface area contributed by atoms with Gasteiger partial charge in [0.15, 0.2) is 5.16 Å². The second kappa shape index (κ2) is 9.52. The highest BCUT2D eigenvalue weighted by Gasteiger charge is 2.15. The fourth-order valence-electron chi connectivity index (χ4n) is 3.02. The van der Waals surface area contributed by atoms with Crippen LogP contribution in [0.2, 0.25) is 0 Å². The summed E-state index contributed by atoms with van der Waals surface area (Å²) in [5, 5.41) is 4.95. The van der Waals surface area contributed by atoms with Crippen molar-refractivity contribution in [2.24, 2.45) is 5.10 Å². The molecule has 0 spiro atoms. The molecular weight excluding hydrogens is 428 g/mol. The number of hydrogen-bond acceptors (Lipinski definition) is 7. The van der Waals surface area contributed by atoms with Gasteiger partial charge in [0.25, 0.3) is 11.5 Å². The summed E-state index contributed by atoms with van der Waals surface area (Å²) in [6, 6.07) is 17.7. The number of benzene rings is 2. The van der Waals surface area contributed by atoms with Crippen molar-refractivity contribution in [2.75, 3.05) is 12.9 Å². The Morgan fingerprint density at radius 3 is 2.66 bits per heavy atom. The minimum Gasteiger partial charge on any atom is -0.497 e. The average molecular weight is 449 g/mol. The number of carbonyl (C=O) groups is 1.